The summed E-state index contributed by atoms with van der Waals surface area (Å²) in [5.74, 6) is -1.46. The van der Waals surface area contributed by atoms with E-state index in [0.29, 0.717) is 0 Å². The molecule has 1 aromatic heterocycles. The van der Waals surface area contributed by atoms with Gasteiger partial charge in [-0.15, -0.1) is 0 Å². The quantitative estimate of drug-likeness (QED) is 0.679. The lowest BCUT2D eigenvalue weighted by molar-refractivity contribution is -0.137. The van der Waals surface area contributed by atoms with Crippen LogP contribution in [0.3, 0.4) is 0 Å². The zero-order valence-electron chi connectivity index (χ0n) is 6.40. The maximum Gasteiger partial charge on any atom is 0.323 e. The van der Waals surface area contributed by atoms with E-state index in [4.69, 9.17) is 22.4 Å². The predicted octanol–water partition coefficient (Wildman–Crippen LogP) is -0.437. The number of rotatable bonds is 2. The van der Waals surface area contributed by atoms with Crippen LogP contribution in [-0.4, -0.2) is 20.6 Å². The highest BCUT2D eigenvalue weighted by atomic mass is 35.5. The minimum Gasteiger partial charge on any atom is -0.480 e. The molecule has 0 atom stereocenters. The highest BCUT2D eigenvalue weighted by Crippen LogP contribution is 2.02. The maximum absolute atomic E-state index is 11.1. The van der Waals surface area contributed by atoms with E-state index in [-0.39, 0.29) is 11.0 Å². The summed E-state index contributed by atoms with van der Waals surface area (Å²) in [5, 5.41) is 8.39. The van der Waals surface area contributed by atoms with Crippen LogP contribution in [0, 0.1) is 0 Å². The van der Waals surface area contributed by atoms with Crippen molar-refractivity contribution < 1.29 is 9.90 Å². The molecule has 0 aromatic carbocycles. The van der Waals surface area contributed by atoms with Gasteiger partial charge in [-0.05, 0) is 0 Å². The van der Waals surface area contributed by atoms with Crippen molar-refractivity contribution in [3.05, 3.63) is 21.7 Å². The summed E-state index contributed by atoms with van der Waals surface area (Å²) in [7, 11) is 0. The number of aliphatic carboxylic acids is 1. The van der Waals surface area contributed by atoms with Gasteiger partial charge in [0.15, 0.2) is 5.82 Å². The number of carbonyl (C=O) groups is 1. The molecule has 3 N–H and O–H groups in total. The molecule has 0 spiro atoms. The van der Waals surface area contributed by atoms with E-state index < -0.39 is 18.1 Å². The fourth-order valence-corrected chi connectivity index (χ4v) is 0.998. The molecule has 1 rings (SSSR count). The summed E-state index contributed by atoms with van der Waals surface area (Å²) in [6.07, 6.45) is 1.12. The Morgan fingerprint density at radius 3 is 2.92 bits per heavy atom. The molecule has 0 fully saturated rings. The van der Waals surface area contributed by atoms with Crippen molar-refractivity contribution in [2.45, 2.75) is 6.54 Å². The Labute approximate surface area is 77.6 Å². The molecule has 0 saturated heterocycles. The van der Waals surface area contributed by atoms with Gasteiger partial charge in [-0.25, -0.2) is 4.98 Å². The van der Waals surface area contributed by atoms with Crippen molar-refractivity contribution in [2.75, 3.05) is 5.73 Å². The topological polar surface area (TPSA) is 98.2 Å². The molecule has 7 heteroatoms. The van der Waals surface area contributed by atoms with Crippen molar-refractivity contribution in [1.82, 2.24) is 9.55 Å². The first-order valence-electron chi connectivity index (χ1n) is 3.25. The van der Waals surface area contributed by atoms with Crippen LogP contribution >= 0.6 is 11.6 Å². The van der Waals surface area contributed by atoms with Crippen LogP contribution in [0.25, 0.3) is 0 Å². The second kappa shape index (κ2) is 3.44. The van der Waals surface area contributed by atoms with Gasteiger partial charge in [0.2, 0.25) is 0 Å². The summed E-state index contributed by atoms with van der Waals surface area (Å²) in [6, 6.07) is 0. The van der Waals surface area contributed by atoms with Crippen LogP contribution in [-0.2, 0) is 11.3 Å². The SMILES string of the molecule is Nc1nc(Cl)cn(CC(=O)O)c1=O. The minimum atomic E-state index is -1.15. The van der Waals surface area contributed by atoms with Crippen molar-refractivity contribution in [3.63, 3.8) is 0 Å². The van der Waals surface area contributed by atoms with E-state index in [1.807, 2.05) is 0 Å². The largest absolute Gasteiger partial charge is 0.480 e. The summed E-state index contributed by atoms with van der Waals surface area (Å²) < 4.78 is 0.882. The lowest BCUT2D eigenvalue weighted by Crippen LogP contribution is -2.26. The van der Waals surface area contributed by atoms with E-state index >= 15 is 0 Å². The van der Waals surface area contributed by atoms with Crippen LogP contribution < -0.4 is 11.3 Å². The van der Waals surface area contributed by atoms with E-state index in [1.54, 1.807) is 0 Å². The number of hydrogen-bond donors (Lipinski definition) is 2. The standard InChI is InChI=1S/C6H6ClN3O3/c7-3-1-10(2-4(11)12)6(13)5(8)9-3/h1H,2H2,(H2,8,9)(H,11,12). The zero-order valence-corrected chi connectivity index (χ0v) is 7.15. The van der Waals surface area contributed by atoms with Gasteiger partial charge in [-0.1, -0.05) is 11.6 Å². The Balaban J connectivity index is 3.21. The third-order valence-corrected chi connectivity index (χ3v) is 1.46. The molecule has 1 aromatic rings. The molecule has 0 bridgehead atoms. The van der Waals surface area contributed by atoms with E-state index in [1.165, 1.54) is 0 Å². The van der Waals surface area contributed by atoms with Gasteiger partial charge in [0.25, 0.3) is 5.56 Å². The Kier molecular flexibility index (Phi) is 2.52. The Morgan fingerprint density at radius 1 is 1.77 bits per heavy atom. The van der Waals surface area contributed by atoms with Gasteiger partial charge >= 0.3 is 5.97 Å². The molecule has 0 radical (unpaired) electrons. The van der Waals surface area contributed by atoms with Gasteiger partial charge in [0.1, 0.15) is 11.7 Å². The molecule has 6 nitrogen and oxygen atoms in total. The van der Waals surface area contributed by atoms with E-state index in [0.717, 1.165) is 10.8 Å². The first-order valence-corrected chi connectivity index (χ1v) is 3.62. The molecule has 13 heavy (non-hydrogen) atoms. The Morgan fingerprint density at radius 2 is 2.38 bits per heavy atom. The van der Waals surface area contributed by atoms with Crippen LogP contribution in [0.5, 0.6) is 0 Å². The molecule has 0 amide bonds. The van der Waals surface area contributed by atoms with Crippen molar-refractivity contribution in [1.29, 1.82) is 0 Å². The van der Waals surface area contributed by atoms with Crippen molar-refractivity contribution in [2.24, 2.45) is 0 Å². The zero-order chi connectivity index (χ0) is 10.0. The molecule has 70 valence electrons. The number of carboxylic acids is 1. The summed E-state index contributed by atoms with van der Waals surface area (Å²) in [5.41, 5.74) is 4.51. The fourth-order valence-electron chi connectivity index (χ4n) is 0.789. The minimum absolute atomic E-state index is 0.0154. The number of nitrogens with two attached hydrogens (primary N) is 1. The number of nitrogen functional groups attached to an aromatic ring is 1. The monoisotopic (exact) mass is 203 g/mol. The number of anilines is 1. The Hall–Kier alpha value is -1.56. The molecule has 1 heterocycles. The van der Waals surface area contributed by atoms with Gasteiger partial charge in [0.05, 0.1) is 0 Å². The van der Waals surface area contributed by atoms with Crippen molar-refractivity contribution >= 4 is 23.4 Å². The molecular formula is C6H6ClN3O3. The lowest BCUT2D eigenvalue weighted by atomic mass is 10.5. The van der Waals surface area contributed by atoms with Crippen molar-refractivity contribution in [3.8, 4) is 0 Å². The molecule has 0 saturated carbocycles. The van der Waals surface area contributed by atoms with E-state index in [2.05, 4.69) is 4.98 Å². The first-order chi connectivity index (χ1) is 6.00. The molecule has 0 aliphatic rings. The first kappa shape index (κ1) is 9.53. The maximum atomic E-state index is 11.1. The highest BCUT2D eigenvalue weighted by molar-refractivity contribution is 6.29. The van der Waals surface area contributed by atoms with Crippen LogP contribution in [0.2, 0.25) is 5.15 Å². The fraction of sp³-hybridized carbons (Fsp3) is 0.167. The molecule has 0 unspecified atom stereocenters. The van der Waals surface area contributed by atoms with E-state index in [9.17, 15) is 9.59 Å². The number of nitrogens with zero attached hydrogens (tertiary/aromatic N) is 2. The summed E-state index contributed by atoms with van der Waals surface area (Å²) in [4.78, 5) is 24.8. The summed E-state index contributed by atoms with van der Waals surface area (Å²) in [6.45, 7) is -0.481. The molecule has 0 aliphatic heterocycles. The summed E-state index contributed by atoms with van der Waals surface area (Å²) >= 11 is 5.46. The van der Waals surface area contributed by atoms with Gasteiger partial charge in [0, 0.05) is 6.20 Å². The Bertz CT molecular complexity index is 401. The smallest absolute Gasteiger partial charge is 0.323 e. The number of aromatic nitrogens is 2. The van der Waals surface area contributed by atoms with Gasteiger partial charge in [-0.2, -0.15) is 0 Å². The average molecular weight is 204 g/mol. The second-order valence-electron chi connectivity index (χ2n) is 2.28. The molecule has 0 aliphatic carbocycles. The van der Waals surface area contributed by atoms with Gasteiger partial charge < -0.3 is 10.8 Å². The third-order valence-electron chi connectivity index (χ3n) is 1.28. The van der Waals surface area contributed by atoms with Crippen LogP contribution in [0.15, 0.2) is 11.0 Å². The number of hydrogen-bond acceptors (Lipinski definition) is 4. The van der Waals surface area contributed by atoms with Gasteiger partial charge in [-0.3, -0.25) is 14.2 Å². The van der Waals surface area contributed by atoms with Crippen LogP contribution in [0.1, 0.15) is 0 Å². The normalized spacial score (nSPS) is 9.92. The number of halogens is 1. The second-order valence-corrected chi connectivity index (χ2v) is 2.66. The number of carboxylic acid groups (broad SMARTS) is 1. The highest BCUT2D eigenvalue weighted by Gasteiger charge is 2.06. The predicted molar refractivity (Wildman–Crippen MR) is 45.6 cm³/mol. The lowest BCUT2D eigenvalue weighted by Gasteiger charge is -2.02. The third kappa shape index (κ3) is 2.19. The molecular weight excluding hydrogens is 198 g/mol. The average Bonchev–Trinajstić information content (AvgIpc) is 1.98. The van der Waals surface area contributed by atoms with Crippen LogP contribution in [0.4, 0.5) is 5.82 Å².